The first kappa shape index (κ1) is 21.8. The van der Waals surface area contributed by atoms with Crippen molar-refractivity contribution in [1.29, 1.82) is 0 Å². The lowest BCUT2D eigenvalue weighted by Crippen LogP contribution is -2.39. The first-order valence-corrected chi connectivity index (χ1v) is 11.6. The van der Waals surface area contributed by atoms with Crippen LogP contribution in [-0.2, 0) is 17.9 Å². The van der Waals surface area contributed by atoms with Gasteiger partial charge >= 0.3 is 0 Å². The number of halogens is 1. The van der Waals surface area contributed by atoms with Crippen LogP contribution in [0.15, 0.2) is 61.3 Å². The number of carbonyl (C=O) groups excluding carboxylic acids is 1. The van der Waals surface area contributed by atoms with Crippen LogP contribution in [0.1, 0.15) is 49.0 Å². The number of imidazole rings is 1. The number of hydrogen-bond acceptors (Lipinski definition) is 4. The summed E-state index contributed by atoms with van der Waals surface area (Å²) in [7, 11) is 0. The summed E-state index contributed by atoms with van der Waals surface area (Å²) in [5, 5.41) is 0. The van der Waals surface area contributed by atoms with Gasteiger partial charge in [-0.25, -0.2) is 9.37 Å². The highest BCUT2D eigenvalue weighted by Gasteiger charge is 2.57. The topological polar surface area (TPSA) is 54.3 Å². The van der Waals surface area contributed by atoms with Crippen LogP contribution in [0.5, 0.6) is 0 Å². The molecule has 0 bridgehead atoms. The molecule has 0 N–H and O–H groups in total. The summed E-state index contributed by atoms with van der Waals surface area (Å²) < 4.78 is 15.9. The van der Waals surface area contributed by atoms with E-state index in [0.29, 0.717) is 25.7 Å². The van der Waals surface area contributed by atoms with Gasteiger partial charge in [0.1, 0.15) is 5.82 Å². The van der Waals surface area contributed by atoms with Gasteiger partial charge in [-0.15, -0.1) is 0 Å². The molecule has 2 aliphatic rings. The van der Waals surface area contributed by atoms with Gasteiger partial charge in [0.05, 0.1) is 17.4 Å². The molecule has 1 spiro atoms. The fraction of sp³-hybridized carbons (Fsp3) is 0.423. The number of likely N-dealkylation sites (tertiary alicyclic amines) is 2. The van der Waals surface area contributed by atoms with E-state index in [1.807, 2.05) is 29.4 Å². The highest BCUT2D eigenvalue weighted by atomic mass is 19.1. The van der Waals surface area contributed by atoms with Gasteiger partial charge in [0, 0.05) is 63.3 Å². The second-order valence-corrected chi connectivity index (χ2v) is 9.68. The Morgan fingerprint density at radius 1 is 1.15 bits per heavy atom. The molecule has 2 aliphatic heterocycles. The van der Waals surface area contributed by atoms with Crippen molar-refractivity contribution in [2.24, 2.45) is 5.41 Å². The number of nitrogens with zero attached hydrogens (tertiary/aromatic N) is 5. The predicted octanol–water partition coefficient (Wildman–Crippen LogP) is 4.02. The molecule has 5 rings (SSSR count). The van der Waals surface area contributed by atoms with Gasteiger partial charge in [-0.05, 0) is 55.7 Å². The summed E-state index contributed by atoms with van der Waals surface area (Å²) in [6.45, 7) is 7.61. The maximum Gasteiger partial charge on any atom is 0.231 e. The van der Waals surface area contributed by atoms with Gasteiger partial charge in [0.25, 0.3) is 0 Å². The Morgan fingerprint density at radius 2 is 1.97 bits per heavy atom. The molecule has 0 unspecified atom stereocenters. The van der Waals surface area contributed by atoms with Gasteiger partial charge in [-0.1, -0.05) is 12.1 Å². The molecular formula is C26H30FN5O. The molecule has 6 nitrogen and oxygen atoms in total. The molecule has 2 atom stereocenters. The van der Waals surface area contributed by atoms with Crippen molar-refractivity contribution in [3.05, 3.63) is 84.0 Å². The normalized spacial score (nSPS) is 23.3. The molecule has 4 heterocycles. The molecular weight excluding hydrogens is 417 g/mol. The highest BCUT2D eigenvalue weighted by molar-refractivity contribution is 5.86. The fourth-order valence-electron chi connectivity index (χ4n) is 5.40. The van der Waals surface area contributed by atoms with E-state index in [0.717, 1.165) is 36.3 Å². The molecule has 3 aromatic rings. The number of hydrogen-bond donors (Lipinski definition) is 0. The quantitative estimate of drug-likeness (QED) is 0.573. The molecule has 2 aromatic heterocycles. The summed E-state index contributed by atoms with van der Waals surface area (Å²) in [5.41, 5.74) is 2.49. The Bertz CT molecular complexity index is 1130. The lowest BCUT2D eigenvalue weighted by molar-refractivity contribution is -0.136. The van der Waals surface area contributed by atoms with E-state index in [-0.39, 0.29) is 17.6 Å². The maximum absolute atomic E-state index is 13.9. The number of pyridine rings is 1. The van der Waals surface area contributed by atoms with Crippen molar-refractivity contribution in [1.82, 2.24) is 24.3 Å². The molecule has 0 saturated carbocycles. The van der Waals surface area contributed by atoms with Crippen LogP contribution in [0.2, 0.25) is 0 Å². The van der Waals surface area contributed by atoms with Gasteiger partial charge in [0.2, 0.25) is 5.91 Å². The monoisotopic (exact) mass is 447 g/mol. The van der Waals surface area contributed by atoms with Crippen molar-refractivity contribution in [2.75, 3.05) is 19.6 Å². The third kappa shape index (κ3) is 4.17. The summed E-state index contributed by atoms with van der Waals surface area (Å²) in [5.74, 6) is -0.0137. The minimum Gasteiger partial charge on any atom is -0.338 e. The molecule has 7 heteroatoms. The zero-order valence-corrected chi connectivity index (χ0v) is 19.2. The van der Waals surface area contributed by atoms with Crippen LogP contribution < -0.4 is 0 Å². The van der Waals surface area contributed by atoms with E-state index in [2.05, 4.69) is 34.5 Å². The summed E-state index contributed by atoms with van der Waals surface area (Å²) in [6.07, 6.45) is 8.31. The molecule has 1 amide bonds. The molecule has 33 heavy (non-hydrogen) atoms. The lowest BCUT2D eigenvalue weighted by atomic mass is 9.75. The summed E-state index contributed by atoms with van der Waals surface area (Å²) in [6, 6.07) is 11.0. The van der Waals surface area contributed by atoms with Gasteiger partial charge in [0.15, 0.2) is 0 Å². The van der Waals surface area contributed by atoms with Crippen molar-refractivity contribution < 1.29 is 9.18 Å². The Balaban J connectivity index is 1.43. The first-order chi connectivity index (χ1) is 15.9. The van der Waals surface area contributed by atoms with Gasteiger partial charge in [-0.3, -0.25) is 14.7 Å². The third-order valence-corrected chi connectivity index (χ3v) is 7.15. The van der Waals surface area contributed by atoms with Gasteiger partial charge < -0.3 is 9.47 Å². The molecule has 1 aromatic carbocycles. The second-order valence-electron chi connectivity index (χ2n) is 9.68. The Morgan fingerprint density at radius 3 is 2.70 bits per heavy atom. The maximum atomic E-state index is 13.9. The Hall–Kier alpha value is -3.06. The predicted molar refractivity (Wildman–Crippen MR) is 124 cm³/mol. The fourth-order valence-corrected chi connectivity index (χ4v) is 5.40. The van der Waals surface area contributed by atoms with Crippen molar-refractivity contribution in [3.63, 3.8) is 0 Å². The molecule has 2 fully saturated rings. The first-order valence-electron chi connectivity index (χ1n) is 11.6. The third-order valence-electron chi connectivity index (χ3n) is 7.15. The SMILES string of the molecule is CC(C)n1cnc([C@@H]2CN(Cc3cccc(F)c3)C[C@]23CCN(Cc2ccncc2)C3=O)c1. The minimum atomic E-state index is -0.503. The number of rotatable bonds is 6. The van der Waals surface area contributed by atoms with Crippen molar-refractivity contribution in [2.45, 2.75) is 45.3 Å². The largest absolute Gasteiger partial charge is 0.338 e. The van der Waals surface area contributed by atoms with Crippen LogP contribution in [0.3, 0.4) is 0 Å². The Labute approximate surface area is 194 Å². The second kappa shape index (κ2) is 8.71. The number of amides is 1. The summed E-state index contributed by atoms with van der Waals surface area (Å²) in [4.78, 5) is 27.0. The van der Waals surface area contributed by atoms with Crippen LogP contribution in [-0.4, -0.2) is 49.9 Å². The number of benzene rings is 1. The van der Waals surface area contributed by atoms with Crippen LogP contribution in [0.25, 0.3) is 0 Å². The van der Waals surface area contributed by atoms with E-state index in [9.17, 15) is 9.18 Å². The molecule has 2 saturated heterocycles. The smallest absolute Gasteiger partial charge is 0.231 e. The van der Waals surface area contributed by atoms with Crippen LogP contribution in [0, 0.1) is 11.2 Å². The minimum absolute atomic E-state index is 0.0148. The van der Waals surface area contributed by atoms with Crippen molar-refractivity contribution >= 4 is 5.91 Å². The molecule has 172 valence electrons. The summed E-state index contributed by atoms with van der Waals surface area (Å²) >= 11 is 0. The standard InChI is InChI=1S/C26H30FN5O/c1-19(2)32-16-24(29-18-32)23-15-30(13-21-4-3-5-22(27)12-21)17-26(23)8-11-31(25(26)33)14-20-6-9-28-10-7-20/h3-7,9-10,12,16,18-19,23H,8,11,13-15,17H2,1-2H3/t23-,26+/m0/s1. The van der Waals surface area contributed by atoms with E-state index in [4.69, 9.17) is 4.98 Å². The van der Waals surface area contributed by atoms with E-state index in [1.54, 1.807) is 24.5 Å². The average molecular weight is 448 g/mol. The number of carbonyl (C=O) groups is 1. The van der Waals surface area contributed by atoms with E-state index in [1.165, 1.54) is 6.07 Å². The Kier molecular flexibility index (Phi) is 5.74. The lowest BCUT2D eigenvalue weighted by Gasteiger charge is -2.28. The number of aromatic nitrogens is 3. The van der Waals surface area contributed by atoms with E-state index < -0.39 is 5.41 Å². The zero-order chi connectivity index (χ0) is 23.0. The highest BCUT2D eigenvalue weighted by Crippen LogP contribution is 2.50. The van der Waals surface area contributed by atoms with Crippen molar-refractivity contribution in [3.8, 4) is 0 Å². The molecule has 0 aliphatic carbocycles. The average Bonchev–Trinajstić information content (AvgIpc) is 3.49. The van der Waals surface area contributed by atoms with Crippen LogP contribution >= 0.6 is 0 Å². The van der Waals surface area contributed by atoms with E-state index >= 15 is 0 Å². The zero-order valence-electron chi connectivity index (χ0n) is 19.2. The molecule has 0 radical (unpaired) electrons. The van der Waals surface area contributed by atoms with Crippen LogP contribution in [0.4, 0.5) is 4.39 Å². The van der Waals surface area contributed by atoms with Gasteiger partial charge in [-0.2, -0.15) is 0 Å².